The molecule has 3 nitrogen and oxygen atoms in total. The van der Waals surface area contributed by atoms with E-state index in [4.69, 9.17) is 10.00 Å². The van der Waals surface area contributed by atoms with E-state index in [0.29, 0.717) is 6.61 Å². The van der Waals surface area contributed by atoms with Gasteiger partial charge < -0.3 is 10.1 Å². The number of nitriles is 1. The quantitative estimate of drug-likeness (QED) is 0.583. The van der Waals surface area contributed by atoms with E-state index in [-0.39, 0.29) is 12.1 Å². The molecule has 0 bridgehead atoms. The van der Waals surface area contributed by atoms with Crippen LogP contribution in [0.15, 0.2) is 0 Å². The van der Waals surface area contributed by atoms with Crippen LogP contribution in [0.5, 0.6) is 0 Å². The minimum Gasteiger partial charge on any atom is -0.376 e. The molecule has 0 aromatic rings. The predicted molar refractivity (Wildman–Crippen MR) is 67.3 cm³/mol. The summed E-state index contributed by atoms with van der Waals surface area (Å²) in [5.74, 6) is 0. The fraction of sp³-hybridized carbons (Fsp3) is 0.923. The number of ether oxygens (including phenoxy) is 1. The van der Waals surface area contributed by atoms with Gasteiger partial charge in [-0.05, 0) is 19.9 Å². The van der Waals surface area contributed by atoms with Crippen molar-refractivity contribution in [2.75, 3.05) is 13.2 Å². The number of likely N-dealkylation sites (N-methyl/N-ethyl adjacent to an activating group) is 1. The smallest absolute Gasteiger partial charge is 0.119 e. The van der Waals surface area contributed by atoms with Gasteiger partial charge in [-0.3, -0.25) is 0 Å². The summed E-state index contributed by atoms with van der Waals surface area (Å²) in [7, 11) is 0. The minimum absolute atomic E-state index is 0.164. The number of nitrogens with zero attached hydrogens (tertiary/aromatic N) is 1. The van der Waals surface area contributed by atoms with Crippen LogP contribution in [0.3, 0.4) is 0 Å². The third kappa shape index (κ3) is 8.70. The summed E-state index contributed by atoms with van der Waals surface area (Å²) in [5.41, 5.74) is 0. The summed E-state index contributed by atoms with van der Waals surface area (Å²) in [6.45, 7) is 7.62. The summed E-state index contributed by atoms with van der Waals surface area (Å²) in [5, 5.41) is 11.9. The first kappa shape index (κ1) is 15.4. The van der Waals surface area contributed by atoms with Crippen molar-refractivity contribution in [2.24, 2.45) is 0 Å². The molecule has 0 fully saturated rings. The Kier molecular flexibility index (Phi) is 10.5. The van der Waals surface area contributed by atoms with Crippen molar-refractivity contribution in [1.82, 2.24) is 5.32 Å². The predicted octanol–water partition coefficient (Wildman–Crippen LogP) is 2.86. The highest BCUT2D eigenvalue weighted by Gasteiger charge is 2.08. The largest absolute Gasteiger partial charge is 0.376 e. The molecule has 0 aromatic carbocycles. The highest BCUT2D eigenvalue weighted by molar-refractivity contribution is 4.89. The lowest BCUT2D eigenvalue weighted by atomic mass is 10.1. The van der Waals surface area contributed by atoms with E-state index in [2.05, 4.69) is 25.2 Å². The van der Waals surface area contributed by atoms with Gasteiger partial charge in [0, 0.05) is 0 Å². The van der Waals surface area contributed by atoms with Crippen LogP contribution in [0.25, 0.3) is 0 Å². The Morgan fingerprint density at radius 1 is 1.25 bits per heavy atom. The lowest BCUT2D eigenvalue weighted by molar-refractivity contribution is 0.0515. The lowest BCUT2D eigenvalue weighted by Crippen LogP contribution is -2.33. The van der Waals surface area contributed by atoms with Crippen LogP contribution in [0.1, 0.15) is 52.9 Å². The molecule has 2 unspecified atom stereocenters. The monoisotopic (exact) mass is 226 g/mol. The first-order chi connectivity index (χ1) is 7.74. The van der Waals surface area contributed by atoms with E-state index >= 15 is 0 Å². The number of rotatable bonds is 10. The molecule has 0 amide bonds. The zero-order valence-electron chi connectivity index (χ0n) is 11.0. The maximum absolute atomic E-state index is 8.82. The van der Waals surface area contributed by atoms with Crippen molar-refractivity contribution in [3.05, 3.63) is 0 Å². The second-order valence-corrected chi connectivity index (χ2v) is 4.23. The van der Waals surface area contributed by atoms with Gasteiger partial charge in [0.1, 0.15) is 6.04 Å². The second-order valence-electron chi connectivity index (χ2n) is 4.23. The highest BCUT2D eigenvalue weighted by Crippen LogP contribution is 2.07. The topological polar surface area (TPSA) is 45.0 Å². The maximum Gasteiger partial charge on any atom is 0.119 e. The molecular weight excluding hydrogens is 200 g/mol. The zero-order chi connectivity index (χ0) is 12.2. The molecule has 1 N–H and O–H groups in total. The number of hydrogen-bond donors (Lipinski definition) is 1. The van der Waals surface area contributed by atoms with Crippen molar-refractivity contribution in [2.45, 2.75) is 65.0 Å². The third-order valence-electron chi connectivity index (χ3n) is 2.62. The first-order valence-electron chi connectivity index (χ1n) is 6.49. The molecule has 0 saturated heterocycles. The molecule has 0 aromatic heterocycles. The van der Waals surface area contributed by atoms with Gasteiger partial charge in [0.05, 0.1) is 18.8 Å². The van der Waals surface area contributed by atoms with Crippen molar-refractivity contribution < 1.29 is 4.74 Å². The second kappa shape index (κ2) is 10.9. The molecular formula is C13H26N2O. The van der Waals surface area contributed by atoms with Crippen molar-refractivity contribution in [3.63, 3.8) is 0 Å². The van der Waals surface area contributed by atoms with Gasteiger partial charge in [0.2, 0.25) is 0 Å². The van der Waals surface area contributed by atoms with Gasteiger partial charge in [-0.1, -0.05) is 39.5 Å². The molecule has 16 heavy (non-hydrogen) atoms. The number of unbranched alkanes of at least 4 members (excludes halogenated alkanes) is 3. The van der Waals surface area contributed by atoms with Gasteiger partial charge in [0.15, 0.2) is 0 Å². The van der Waals surface area contributed by atoms with E-state index in [0.717, 1.165) is 13.0 Å². The summed E-state index contributed by atoms with van der Waals surface area (Å²) in [6, 6.07) is 2.03. The van der Waals surface area contributed by atoms with E-state index in [1.165, 1.54) is 25.7 Å². The van der Waals surface area contributed by atoms with Gasteiger partial charge in [-0.15, -0.1) is 0 Å². The van der Waals surface area contributed by atoms with Crippen LogP contribution in [0.4, 0.5) is 0 Å². The molecule has 0 spiro atoms. The van der Waals surface area contributed by atoms with Gasteiger partial charge in [-0.2, -0.15) is 5.26 Å². The van der Waals surface area contributed by atoms with E-state index in [1.54, 1.807) is 0 Å². The van der Waals surface area contributed by atoms with E-state index in [9.17, 15) is 0 Å². The van der Waals surface area contributed by atoms with Crippen molar-refractivity contribution >= 4 is 0 Å². The fourth-order valence-corrected chi connectivity index (χ4v) is 1.59. The molecule has 2 atom stereocenters. The standard InChI is InChI=1S/C13H26N2O/c1-4-6-7-8-9-12(3)16-11-13(10-14)15-5-2/h12-13,15H,4-9,11H2,1-3H3. The van der Waals surface area contributed by atoms with E-state index in [1.807, 2.05) is 6.92 Å². The lowest BCUT2D eigenvalue weighted by Gasteiger charge is -2.16. The van der Waals surface area contributed by atoms with Crippen LogP contribution in [0, 0.1) is 11.3 Å². The molecule has 0 rings (SSSR count). The van der Waals surface area contributed by atoms with Crippen LogP contribution in [0.2, 0.25) is 0 Å². The molecule has 0 aliphatic heterocycles. The Morgan fingerprint density at radius 2 is 2.00 bits per heavy atom. The third-order valence-corrected chi connectivity index (χ3v) is 2.62. The summed E-state index contributed by atoms with van der Waals surface area (Å²) >= 11 is 0. The van der Waals surface area contributed by atoms with Crippen LogP contribution >= 0.6 is 0 Å². The molecule has 0 aliphatic rings. The van der Waals surface area contributed by atoms with Gasteiger partial charge >= 0.3 is 0 Å². The Morgan fingerprint density at radius 3 is 2.56 bits per heavy atom. The fourth-order valence-electron chi connectivity index (χ4n) is 1.59. The molecule has 94 valence electrons. The minimum atomic E-state index is -0.164. The summed E-state index contributed by atoms with van der Waals surface area (Å²) in [4.78, 5) is 0. The van der Waals surface area contributed by atoms with Crippen LogP contribution < -0.4 is 5.32 Å². The zero-order valence-corrected chi connectivity index (χ0v) is 11.0. The molecule has 0 aliphatic carbocycles. The Hall–Kier alpha value is -0.590. The highest BCUT2D eigenvalue weighted by atomic mass is 16.5. The summed E-state index contributed by atoms with van der Waals surface area (Å²) < 4.78 is 5.64. The molecule has 0 saturated carbocycles. The Balaban J connectivity index is 3.48. The van der Waals surface area contributed by atoms with Crippen molar-refractivity contribution in [1.29, 1.82) is 5.26 Å². The normalized spacial score (nSPS) is 14.4. The van der Waals surface area contributed by atoms with E-state index < -0.39 is 0 Å². The molecule has 0 heterocycles. The number of nitrogens with one attached hydrogen (secondary N) is 1. The maximum atomic E-state index is 8.82. The molecule has 0 radical (unpaired) electrons. The van der Waals surface area contributed by atoms with Crippen LogP contribution in [-0.2, 0) is 4.74 Å². The SMILES string of the molecule is CCCCCCC(C)OCC(C#N)NCC. The van der Waals surface area contributed by atoms with Gasteiger partial charge in [-0.25, -0.2) is 0 Å². The average Bonchev–Trinajstić information content (AvgIpc) is 2.30. The first-order valence-corrected chi connectivity index (χ1v) is 6.49. The molecule has 3 heteroatoms. The van der Waals surface area contributed by atoms with Crippen molar-refractivity contribution in [3.8, 4) is 6.07 Å². The number of hydrogen-bond acceptors (Lipinski definition) is 3. The average molecular weight is 226 g/mol. The van der Waals surface area contributed by atoms with Crippen LogP contribution in [-0.4, -0.2) is 25.3 Å². The Labute approximate surface area is 100 Å². The Bertz CT molecular complexity index is 189. The van der Waals surface area contributed by atoms with Gasteiger partial charge in [0.25, 0.3) is 0 Å². The summed E-state index contributed by atoms with van der Waals surface area (Å²) in [6.07, 6.45) is 6.47.